The number of benzene rings is 2. The second-order valence-electron chi connectivity index (χ2n) is 13.7. The fourth-order valence-corrected chi connectivity index (χ4v) is 6.17. The van der Waals surface area contributed by atoms with Gasteiger partial charge in [0.15, 0.2) is 5.82 Å². The summed E-state index contributed by atoms with van der Waals surface area (Å²) in [6.07, 6.45) is 0.361. The van der Waals surface area contributed by atoms with E-state index in [1.165, 1.54) is 0 Å². The van der Waals surface area contributed by atoms with Gasteiger partial charge in [0, 0.05) is 70.0 Å². The minimum absolute atomic E-state index is 0.130. The van der Waals surface area contributed by atoms with Crippen molar-refractivity contribution in [3.05, 3.63) is 60.2 Å². The minimum Gasteiger partial charge on any atom is -0.507 e. The summed E-state index contributed by atoms with van der Waals surface area (Å²) in [4.78, 5) is 34.3. The van der Waals surface area contributed by atoms with Gasteiger partial charge in [-0.1, -0.05) is 45.0 Å². The zero-order valence-corrected chi connectivity index (χ0v) is 27.9. The molecule has 2 aromatic carbocycles. The van der Waals surface area contributed by atoms with Crippen LogP contribution in [-0.2, 0) is 16.1 Å². The highest BCUT2D eigenvalue weighted by molar-refractivity contribution is 5.88. The lowest BCUT2D eigenvalue weighted by Crippen LogP contribution is -2.54. The molecule has 12 nitrogen and oxygen atoms in total. The van der Waals surface area contributed by atoms with Crippen LogP contribution in [0.5, 0.6) is 5.75 Å². The van der Waals surface area contributed by atoms with Crippen LogP contribution in [0.3, 0.4) is 0 Å². The number of nitrogens with one attached hydrogen (secondary N) is 1. The number of phenolic OH excluding ortho intramolecular Hbond substituents is 1. The predicted molar refractivity (Wildman–Crippen MR) is 184 cm³/mol. The molecule has 0 bridgehead atoms. The molecule has 0 spiro atoms. The van der Waals surface area contributed by atoms with Gasteiger partial charge in [0.05, 0.1) is 17.5 Å². The van der Waals surface area contributed by atoms with Crippen LogP contribution in [0, 0.1) is 5.41 Å². The fraction of sp³-hybridized carbons (Fsp3) is 0.486. The Bertz CT molecular complexity index is 1540. The number of anilines is 3. The van der Waals surface area contributed by atoms with E-state index >= 15 is 0 Å². The molecule has 47 heavy (non-hydrogen) atoms. The van der Waals surface area contributed by atoms with Crippen molar-refractivity contribution in [2.24, 2.45) is 5.41 Å². The first kappa shape index (κ1) is 33.9. The Morgan fingerprint density at radius 2 is 1.70 bits per heavy atom. The number of hydrogen-bond acceptors (Lipinski definition) is 10. The average molecular weight is 645 g/mol. The molecule has 1 aromatic heterocycles. The third-order valence-corrected chi connectivity index (χ3v) is 8.97. The Kier molecular flexibility index (Phi) is 10.5. The van der Waals surface area contributed by atoms with Crippen molar-refractivity contribution in [2.75, 3.05) is 68.4 Å². The lowest BCUT2D eigenvalue weighted by molar-refractivity contribution is -0.139. The van der Waals surface area contributed by atoms with Crippen LogP contribution >= 0.6 is 0 Å². The summed E-state index contributed by atoms with van der Waals surface area (Å²) in [5.74, 6) is 0.238. The highest BCUT2D eigenvalue weighted by Gasteiger charge is 2.37. The summed E-state index contributed by atoms with van der Waals surface area (Å²) in [5.41, 5.74) is 10.1. The third kappa shape index (κ3) is 8.49. The van der Waals surface area contributed by atoms with Gasteiger partial charge in [-0.2, -0.15) is 0 Å². The number of carbonyl (C=O) groups is 2. The molecule has 2 saturated heterocycles. The maximum absolute atomic E-state index is 13.1. The van der Waals surface area contributed by atoms with Crippen LogP contribution in [0.1, 0.15) is 39.2 Å². The van der Waals surface area contributed by atoms with Gasteiger partial charge >= 0.3 is 0 Å². The zero-order valence-electron chi connectivity index (χ0n) is 27.9. The number of aromatic nitrogens is 2. The molecule has 0 saturated carbocycles. The normalized spacial score (nSPS) is 17.7. The molecule has 252 valence electrons. The van der Waals surface area contributed by atoms with Crippen molar-refractivity contribution >= 4 is 29.0 Å². The van der Waals surface area contributed by atoms with E-state index in [0.29, 0.717) is 49.7 Å². The lowest BCUT2D eigenvalue weighted by atomic mass is 9.85. The second-order valence-corrected chi connectivity index (χ2v) is 13.7. The van der Waals surface area contributed by atoms with Gasteiger partial charge in [-0.3, -0.25) is 9.59 Å². The van der Waals surface area contributed by atoms with E-state index in [0.717, 1.165) is 43.1 Å². The number of hydrogen-bond donors (Lipinski definition) is 4. The van der Waals surface area contributed by atoms with Gasteiger partial charge < -0.3 is 40.9 Å². The molecular formula is C35H48N8O4. The molecule has 0 aliphatic carbocycles. The van der Waals surface area contributed by atoms with E-state index in [4.69, 9.17) is 5.73 Å². The number of piperazine rings is 1. The maximum atomic E-state index is 13.1. The van der Waals surface area contributed by atoms with Crippen LogP contribution < -0.4 is 20.9 Å². The summed E-state index contributed by atoms with van der Waals surface area (Å²) in [5, 5.41) is 31.5. The maximum Gasteiger partial charge on any atom is 0.245 e. The Hall–Kier alpha value is -4.42. The number of para-hydroxylation sites is 1. The van der Waals surface area contributed by atoms with E-state index in [9.17, 15) is 19.8 Å². The number of aromatic hydroxyl groups is 1. The fourth-order valence-electron chi connectivity index (χ4n) is 6.17. The average Bonchev–Trinajstić information content (AvgIpc) is 3.49. The highest BCUT2D eigenvalue weighted by Crippen LogP contribution is 2.32. The molecule has 2 aliphatic heterocycles. The van der Waals surface area contributed by atoms with Crippen LogP contribution in [0.15, 0.2) is 54.6 Å². The quantitative estimate of drug-likeness (QED) is 0.259. The number of aliphatic hydroxyl groups excluding tert-OH is 1. The van der Waals surface area contributed by atoms with Gasteiger partial charge in [0.1, 0.15) is 11.8 Å². The zero-order chi connectivity index (χ0) is 33.7. The van der Waals surface area contributed by atoms with Crippen LogP contribution in [-0.4, -0.2) is 107 Å². The van der Waals surface area contributed by atoms with Crippen molar-refractivity contribution < 1.29 is 19.8 Å². The van der Waals surface area contributed by atoms with Crippen molar-refractivity contribution in [2.45, 2.75) is 52.3 Å². The number of amides is 2. The largest absolute Gasteiger partial charge is 0.507 e. The molecular weight excluding hydrogens is 596 g/mol. The number of β-amino-alcohol motifs (C(OH)–C–C–N with tert-alkyl or cyclic N) is 1. The van der Waals surface area contributed by atoms with Gasteiger partial charge in [0.2, 0.25) is 11.8 Å². The lowest BCUT2D eigenvalue weighted by Gasteiger charge is -2.37. The number of likely N-dealkylation sites (tertiary alicyclic amines) is 1. The van der Waals surface area contributed by atoms with Crippen molar-refractivity contribution in [3.8, 4) is 17.0 Å². The molecule has 0 radical (unpaired) electrons. The van der Waals surface area contributed by atoms with Gasteiger partial charge in [-0.25, -0.2) is 0 Å². The summed E-state index contributed by atoms with van der Waals surface area (Å²) in [6, 6.07) is 16.8. The van der Waals surface area contributed by atoms with Crippen molar-refractivity contribution in [3.63, 3.8) is 0 Å². The van der Waals surface area contributed by atoms with Gasteiger partial charge in [-0.05, 0) is 54.8 Å². The first-order chi connectivity index (χ1) is 22.4. The smallest absolute Gasteiger partial charge is 0.245 e. The molecule has 0 unspecified atom stereocenters. The van der Waals surface area contributed by atoms with Crippen molar-refractivity contribution in [1.29, 1.82) is 0 Å². The number of carbonyl (C=O) groups excluding carboxylic acids is 2. The topological polar surface area (TPSA) is 151 Å². The molecule has 5 N–H and O–H groups in total. The first-order valence-corrected chi connectivity index (χ1v) is 16.3. The minimum atomic E-state index is -0.639. The number of nitrogens with zero attached hydrogens (tertiary/aromatic N) is 6. The SMILES string of the molecule is CN(CCC(=O)N[C@H](C(=O)N1CC[C@@H](O)C1)C(C)(C)C)Cc1ccc(N2CCN(c3cc(-c4ccccc4O)nnc3N)CC2)cc1. The van der Waals surface area contributed by atoms with E-state index in [-0.39, 0.29) is 24.0 Å². The van der Waals surface area contributed by atoms with E-state index in [1.54, 1.807) is 17.0 Å². The molecule has 3 heterocycles. The van der Waals surface area contributed by atoms with Gasteiger partial charge in [-0.15, -0.1) is 10.2 Å². The Labute approximate surface area is 277 Å². The summed E-state index contributed by atoms with van der Waals surface area (Å²) in [6.45, 7) is 11.1. The Morgan fingerprint density at radius 1 is 1.02 bits per heavy atom. The molecule has 3 aromatic rings. The number of nitrogens with two attached hydrogens (primary N) is 1. The molecule has 2 aliphatic rings. The number of nitrogen functional groups attached to an aromatic ring is 1. The number of aliphatic hydroxyl groups is 1. The van der Waals surface area contributed by atoms with E-state index in [2.05, 4.69) is 54.5 Å². The summed E-state index contributed by atoms with van der Waals surface area (Å²) < 4.78 is 0. The molecule has 2 atom stereocenters. The van der Waals surface area contributed by atoms with E-state index < -0.39 is 17.6 Å². The number of rotatable bonds is 10. The second kappa shape index (κ2) is 14.6. The molecule has 2 amide bonds. The van der Waals surface area contributed by atoms with Crippen LogP contribution in [0.4, 0.5) is 17.2 Å². The predicted octanol–water partition coefficient (Wildman–Crippen LogP) is 2.70. The molecule has 12 heteroatoms. The first-order valence-electron chi connectivity index (χ1n) is 16.3. The van der Waals surface area contributed by atoms with Crippen molar-refractivity contribution in [1.82, 2.24) is 25.3 Å². The Balaban J connectivity index is 1.09. The molecule has 2 fully saturated rings. The monoisotopic (exact) mass is 644 g/mol. The third-order valence-electron chi connectivity index (χ3n) is 8.97. The van der Waals surface area contributed by atoms with Gasteiger partial charge in [0.25, 0.3) is 0 Å². The highest BCUT2D eigenvalue weighted by atomic mass is 16.3. The van der Waals surface area contributed by atoms with Crippen LogP contribution in [0.2, 0.25) is 0 Å². The summed E-state index contributed by atoms with van der Waals surface area (Å²) in [7, 11) is 1.99. The summed E-state index contributed by atoms with van der Waals surface area (Å²) >= 11 is 0. The standard InChI is InChI=1S/C35H48N8O4/c1-35(2,3)32(34(47)43-16-13-26(44)23-43)37-31(46)14-15-40(4)22-24-9-11-25(12-10-24)41-17-19-42(20-18-41)29-21-28(38-39-33(29)36)27-7-5-6-8-30(27)45/h5-12,21,26,32,44-45H,13-20,22-23H2,1-4H3,(H2,36,39)(H,37,46)/t26-,32-/m1/s1. The molecule has 5 rings (SSSR count). The number of phenols is 1. The van der Waals surface area contributed by atoms with Crippen LogP contribution in [0.25, 0.3) is 11.3 Å². The van der Waals surface area contributed by atoms with E-state index in [1.807, 2.05) is 46.0 Å². The Morgan fingerprint density at radius 3 is 2.34 bits per heavy atom.